The second-order valence-electron chi connectivity index (χ2n) is 12.5. The second kappa shape index (κ2) is 11.2. The van der Waals surface area contributed by atoms with Crippen molar-refractivity contribution in [2.75, 3.05) is 24.5 Å². The van der Waals surface area contributed by atoms with E-state index in [1.54, 1.807) is 30.3 Å². The summed E-state index contributed by atoms with van der Waals surface area (Å²) in [6.45, 7) is 1.00. The number of esters is 1. The zero-order valence-corrected chi connectivity index (χ0v) is 25.4. The molecular formula is C29H32F6N8O5. The maximum absolute atomic E-state index is 13.9. The lowest BCUT2D eigenvalue weighted by Gasteiger charge is -2.50. The van der Waals surface area contributed by atoms with Crippen molar-refractivity contribution in [1.82, 2.24) is 20.4 Å². The van der Waals surface area contributed by atoms with Gasteiger partial charge in [0, 0.05) is 11.6 Å². The third-order valence-corrected chi connectivity index (χ3v) is 9.72. The van der Waals surface area contributed by atoms with Gasteiger partial charge in [-0.3, -0.25) is 25.2 Å². The molecule has 3 saturated heterocycles. The normalized spacial score (nSPS) is 35.3. The number of imide groups is 1. The van der Waals surface area contributed by atoms with Gasteiger partial charge < -0.3 is 26.2 Å². The number of nitrogens with two attached hydrogens (primary N) is 2. The van der Waals surface area contributed by atoms with E-state index in [2.05, 4.69) is 15.6 Å². The van der Waals surface area contributed by atoms with Gasteiger partial charge in [0.05, 0.1) is 42.2 Å². The summed E-state index contributed by atoms with van der Waals surface area (Å²) in [4.78, 5) is 47.7. The number of amides is 3. The number of allylic oxidation sites excluding steroid dienone is 3. The number of hydrogen-bond acceptors (Lipinski definition) is 11. The first-order chi connectivity index (χ1) is 22.3. The first-order valence-corrected chi connectivity index (χ1v) is 14.9. The van der Waals surface area contributed by atoms with Gasteiger partial charge in [0.15, 0.2) is 12.1 Å². The van der Waals surface area contributed by atoms with E-state index in [4.69, 9.17) is 16.2 Å². The predicted octanol–water partition coefficient (Wildman–Crippen LogP) is 0.874. The minimum absolute atomic E-state index is 0.204. The van der Waals surface area contributed by atoms with Crippen molar-refractivity contribution in [2.24, 2.45) is 28.3 Å². The molecule has 0 saturated carbocycles. The van der Waals surface area contributed by atoms with Crippen LogP contribution in [-0.4, -0.2) is 107 Å². The monoisotopic (exact) mass is 686 g/mol. The van der Waals surface area contributed by atoms with Crippen LogP contribution >= 0.6 is 0 Å². The van der Waals surface area contributed by atoms with Crippen LogP contribution in [0.15, 0.2) is 58.6 Å². The van der Waals surface area contributed by atoms with Crippen molar-refractivity contribution in [3.63, 3.8) is 0 Å². The number of anilines is 1. The van der Waals surface area contributed by atoms with Gasteiger partial charge in [-0.1, -0.05) is 37.3 Å². The van der Waals surface area contributed by atoms with E-state index in [1.807, 2.05) is 0 Å². The lowest BCUT2D eigenvalue weighted by atomic mass is 9.78. The van der Waals surface area contributed by atoms with Crippen LogP contribution in [0.4, 0.5) is 36.8 Å². The van der Waals surface area contributed by atoms with Crippen LogP contribution in [0, 0.1) is 11.8 Å². The molecule has 5 unspecified atom stereocenters. The van der Waals surface area contributed by atoms with Crippen LogP contribution in [0.1, 0.15) is 13.8 Å². The molecule has 6 rings (SSSR count). The molecule has 19 heteroatoms. The Morgan fingerprint density at radius 3 is 2.46 bits per heavy atom. The molecular weight excluding hydrogens is 654 g/mol. The van der Waals surface area contributed by atoms with Gasteiger partial charge in [-0.05, 0) is 19.1 Å². The number of carbonyl (C=O) groups is 3. The quantitative estimate of drug-likeness (QED) is 0.170. The van der Waals surface area contributed by atoms with E-state index in [0.29, 0.717) is 11.8 Å². The number of urea groups is 1. The fraction of sp³-hybridized carbons (Fsp3) is 0.517. The molecule has 13 nitrogen and oxygen atoms in total. The molecule has 260 valence electrons. The molecule has 3 fully saturated rings. The molecule has 5 aliphatic rings. The van der Waals surface area contributed by atoms with Crippen molar-refractivity contribution in [3.8, 4) is 0 Å². The van der Waals surface area contributed by atoms with Crippen LogP contribution in [0.3, 0.4) is 0 Å². The predicted molar refractivity (Wildman–Crippen MR) is 155 cm³/mol. The summed E-state index contributed by atoms with van der Waals surface area (Å²) in [5.41, 5.74) is 6.12. The van der Waals surface area contributed by atoms with E-state index >= 15 is 0 Å². The molecule has 0 radical (unpaired) electrons. The highest BCUT2D eigenvalue weighted by Gasteiger charge is 2.72. The first-order valence-electron chi connectivity index (χ1n) is 14.9. The van der Waals surface area contributed by atoms with E-state index in [0.717, 1.165) is 11.8 Å². The molecule has 8 atom stereocenters. The van der Waals surface area contributed by atoms with Crippen molar-refractivity contribution >= 4 is 29.6 Å². The number of carbonyl (C=O) groups excluding carboxylic acids is 3. The van der Waals surface area contributed by atoms with Crippen molar-refractivity contribution in [3.05, 3.63) is 53.6 Å². The summed E-state index contributed by atoms with van der Waals surface area (Å²) in [6.07, 6.45) is -12.3. The number of nitrogens with one attached hydrogen (secondary N) is 2. The second-order valence-corrected chi connectivity index (χ2v) is 12.5. The molecule has 0 aromatic heterocycles. The summed E-state index contributed by atoms with van der Waals surface area (Å²) in [5.74, 6) is -6.88. The highest BCUT2D eigenvalue weighted by molar-refractivity contribution is 6.12. The Bertz CT molecular complexity index is 1610. The standard InChI is InChI=1S/C29H32F6N8O5/c1-13-15(28(30,31)32)8-9-16(29(33,34)35)20(13)22(45)48-18-11-43-24(37)38-17(21-27(43,26(18,2)47)40-23(36)39-21)10-42-19(44)12-41(25(42)46)14-6-4-3-5-7-14/h3-9,13,15,17-18,21,23,39-40,47H,10-12,36H2,1-2H3,(H2,37,38)/t13?,15?,17-,18-,21?,23?,26-,27?/m0/s1. The lowest BCUT2D eigenvalue weighted by molar-refractivity contribution is -0.176. The minimum atomic E-state index is -5.19. The van der Waals surface area contributed by atoms with Crippen molar-refractivity contribution in [1.29, 1.82) is 0 Å². The highest BCUT2D eigenvalue weighted by Crippen LogP contribution is 2.48. The average Bonchev–Trinajstić information content (AvgIpc) is 3.57. The number of rotatable bonds is 5. The molecule has 1 aromatic rings. The Kier molecular flexibility index (Phi) is 7.84. The smallest absolute Gasteiger partial charge is 0.416 e. The SMILES string of the molecule is CC1C(C(=O)O[C@H]2CN3C(N)=N[C@@H](CN4C(=O)CN(c5ccccc5)C4=O)C4NC(N)NC43[C@@]2(C)O)=C(C(F)(F)F)C=CC1C(F)(F)F. The number of benzene rings is 1. The topological polar surface area (TPSA) is 179 Å². The number of aliphatic hydroxyl groups is 1. The van der Waals surface area contributed by atoms with Gasteiger partial charge in [0.25, 0.3) is 5.91 Å². The van der Waals surface area contributed by atoms with Crippen LogP contribution in [0.2, 0.25) is 0 Å². The largest absolute Gasteiger partial charge is 0.454 e. The van der Waals surface area contributed by atoms with E-state index in [-0.39, 0.29) is 25.1 Å². The number of para-hydroxylation sites is 1. The fourth-order valence-corrected chi connectivity index (χ4v) is 7.40. The van der Waals surface area contributed by atoms with Gasteiger partial charge in [-0.15, -0.1) is 0 Å². The highest BCUT2D eigenvalue weighted by atomic mass is 19.4. The van der Waals surface area contributed by atoms with Gasteiger partial charge >= 0.3 is 24.4 Å². The Hall–Kier alpha value is -4.20. The third-order valence-electron chi connectivity index (χ3n) is 9.72. The lowest BCUT2D eigenvalue weighted by Crippen LogP contribution is -2.77. The summed E-state index contributed by atoms with van der Waals surface area (Å²) in [7, 11) is 0. The summed E-state index contributed by atoms with van der Waals surface area (Å²) < 4.78 is 88.3. The summed E-state index contributed by atoms with van der Waals surface area (Å²) in [6, 6.07) is 5.72. The van der Waals surface area contributed by atoms with Crippen LogP contribution in [0.25, 0.3) is 0 Å². The van der Waals surface area contributed by atoms with E-state index in [9.17, 15) is 45.8 Å². The number of hydrogen-bond donors (Lipinski definition) is 5. The number of nitrogens with zero attached hydrogens (tertiary/aromatic N) is 4. The van der Waals surface area contributed by atoms with Gasteiger partial charge in [0.1, 0.15) is 24.1 Å². The molecule has 1 spiro atoms. The van der Waals surface area contributed by atoms with Crippen LogP contribution < -0.4 is 27.0 Å². The Balaban J connectivity index is 1.30. The molecule has 4 heterocycles. The molecule has 0 bridgehead atoms. The van der Waals surface area contributed by atoms with Gasteiger partial charge in [0.2, 0.25) is 0 Å². The maximum atomic E-state index is 13.9. The molecule has 7 N–H and O–H groups in total. The Labute approximate surface area is 269 Å². The van der Waals surface area contributed by atoms with E-state index < -0.39 is 95.5 Å². The molecule has 3 amide bonds. The summed E-state index contributed by atoms with van der Waals surface area (Å²) >= 11 is 0. The minimum Gasteiger partial charge on any atom is -0.454 e. The zero-order valence-electron chi connectivity index (χ0n) is 25.4. The molecule has 4 aliphatic heterocycles. The van der Waals surface area contributed by atoms with Crippen LogP contribution in [-0.2, 0) is 14.3 Å². The first kappa shape index (κ1) is 33.7. The number of aliphatic imine (C=N–C) groups is 1. The van der Waals surface area contributed by atoms with Gasteiger partial charge in [-0.25, -0.2) is 14.6 Å². The Morgan fingerprint density at radius 2 is 1.83 bits per heavy atom. The van der Waals surface area contributed by atoms with Crippen LogP contribution in [0.5, 0.6) is 0 Å². The zero-order chi connectivity index (χ0) is 35.1. The number of ether oxygens (including phenoxy) is 1. The van der Waals surface area contributed by atoms with Crippen molar-refractivity contribution < 1.29 is 50.6 Å². The molecule has 1 aliphatic carbocycles. The number of guanidine groups is 1. The fourth-order valence-electron chi connectivity index (χ4n) is 7.40. The molecule has 1 aromatic carbocycles. The van der Waals surface area contributed by atoms with E-state index in [1.165, 1.54) is 16.7 Å². The maximum Gasteiger partial charge on any atom is 0.416 e. The third kappa shape index (κ3) is 5.10. The average molecular weight is 687 g/mol. The molecule has 48 heavy (non-hydrogen) atoms. The number of alkyl halides is 6. The van der Waals surface area contributed by atoms with Gasteiger partial charge in [-0.2, -0.15) is 26.3 Å². The Morgan fingerprint density at radius 1 is 1.17 bits per heavy atom. The number of halogens is 6. The summed E-state index contributed by atoms with van der Waals surface area (Å²) in [5, 5.41) is 18.0. The van der Waals surface area contributed by atoms with Crippen molar-refractivity contribution in [2.45, 2.75) is 61.9 Å².